The number of hydrogen-bond donors (Lipinski definition) is 1. The molecule has 1 aromatic rings. The van der Waals surface area contributed by atoms with Crippen molar-refractivity contribution in [1.29, 1.82) is 0 Å². The zero-order valence-electron chi connectivity index (χ0n) is 12.2. The lowest BCUT2D eigenvalue weighted by Crippen LogP contribution is -2.33. The smallest absolute Gasteiger partial charge is 0.0410 e. The maximum atomic E-state index is 6.18. The average molecular weight is 310 g/mol. The molecule has 0 bridgehead atoms. The lowest BCUT2D eigenvalue weighted by atomic mass is 9.80. The molecule has 1 aliphatic carbocycles. The average Bonchev–Trinajstić information content (AvgIpc) is 2.46. The van der Waals surface area contributed by atoms with Crippen LogP contribution in [0.25, 0.3) is 0 Å². The molecule has 1 fully saturated rings. The van der Waals surface area contributed by atoms with Gasteiger partial charge in [-0.15, -0.1) is 11.8 Å². The third kappa shape index (κ3) is 3.35. The fourth-order valence-electron chi connectivity index (χ4n) is 3.57. The molecule has 1 N–H and O–H groups in total. The fraction of sp³-hybridized carbons (Fsp3) is 0.647. The van der Waals surface area contributed by atoms with E-state index in [4.69, 9.17) is 11.6 Å². The van der Waals surface area contributed by atoms with Crippen molar-refractivity contribution in [3.63, 3.8) is 0 Å². The van der Waals surface area contributed by atoms with Crippen molar-refractivity contribution in [1.82, 2.24) is 5.32 Å². The van der Waals surface area contributed by atoms with Gasteiger partial charge in [-0.05, 0) is 60.7 Å². The largest absolute Gasteiger partial charge is 0.310 e. The number of hydrogen-bond acceptors (Lipinski definition) is 2. The predicted molar refractivity (Wildman–Crippen MR) is 88.7 cm³/mol. The van der Waals surface area contributed by atoms with Crippen molar-refractivity contribution in [2.75, 3.05) is 12.3 Å². The first kappa shape index (κ1) is 14.7. The number of nitrogens with one attached hydrogen (secondary N) is 1. The summed E-state index contributed by atoms with van der Waals surface area (Å²) in [7, 11) is 0. The van der Waals surface area contributed by atoms with Crippen LogP contribution in [-0.4, -0.2) is 12.3 Å². The first-order chi connectivity index (χ1) is 9.74. The Morgan fingerprint density at radius 1 is 1.25 bits per heavy atom. The zero-order chi connectivity index (χ0) is 13.9. The van der Waals surface area contributed by atoms with Crippen molar-refractivity contribution in [3.05, 3.63) is 28.8 Å². The number of fused-ring (bicyclic) bond motifs is 1. The van der Waals surface area contributed by atoms with E-state index in [1.807, 2.05) is 17.8 Å². The highest BCUT2D eigenvalue weighted by Gasteiger charge is 2.25. The molecule has 110 valence electrons. The van der Waals surface area contributed by atoms with Gasteiger partial charge in [0.1, 0.15) is 0 Å². The van der Waals surface area contributed by atoms with Crippen LogP contribution in [0.1, 0.15) is 50.6 Å². The van der Waals surface area contributed by atoms with Gasteiger partial charge in [0.15, 0.2) is 0 Å². The predicted octanol–water partition coefficient (Wildman–Crippen LogP) is 5.29. The molecule has 1 saturated carbocycles. The van der Waals surface area contributed by atoms with E-state index in [1.165, 1.54) is 54.9 Å². The third-order valence-electron chi connectivity index (χ3n) is 4.93. The lowest BCUT2D eigenvalue weighted by Gasteiger charge is -2.32. The van der Waals surface area contributed by atoms with Gasteiger partial charge in [0.05, 0.1) is 0 Å². The van der Waals surface area contributed by atoms with E-state index >= 15 is 0 Å². The molecule has 1 aliphatic heterocycles. The van der Waals surface area contributed by atoms with Crippen LogP contribution in [0.15, 0.2) is 23.1 Å². The Labute approximate surface area is 131 Å². The zero-order valence-corrected chi connectivity index (χ0v) is 13.8. The van der Waals surface area contributed by atoms with Crippen molar-refractivity contribution >= 4 is 23.4 Å². The summed E-state index contributed by atoms with van der Waals surface area (Å²) in [4.78, 5) is 1.41. The SMILES string of the molecule is CC1CCCCC1CNC1CCSc2ccc(Cl)cc21. The maximum absolute atomic E-state index is 6.18. The summed E-state index contributed by atoms with van der Waals surface area (Å²) in [6.45, 7) is 3.59. The molecule has 3 rings (SSSR count). The first-order valence-corrected chi connectivity index (χ1v) is 9.26. The van der Waals surface area contributed by atoms with Crippen LogP contribution in [0.5, 0.6) is 0 Å². The Bertz CT molecular complexity index is 462. The van der Waals surface area contributed by atoms with Crippen LogP contribution in [0.2, 0.25) is 5.02 Å². The maximum Gasteiger partial charge on any atom is 0.0410 e. The van der Waals surface area contributed by atoms with Gasteiger partial charge in [0, 0.05) is 16.0 Å². The quantitative estimate of drug-likeness (QED) is 0.814. The molecule has 2 aliphatic rings. The highest BCUT2D eigenvalue weighted by atomic mass is 35.5. The highest BCUT2D eigenvalue weighted by molar-refractivity contribution is 7.99. The summed E-state index contributed by atoms with van der Waals surface area (Å²) in [5, 5.41) is 4.70. The first-order valence-electron chi connectivity index (χ1n) is 7.89. The monoisotopic (exact) mass is 309 g/mol. The van der Waals surface area contributed by atoms with Gasteiger partial charge >= 0.3 is 0 Å². The molecule has 0 aromatic heterocycles. The van der Waals surface area contributed by atoms with Crippen molar-refractivity contribution in [2.45, 2.75) is 50.0 Å². The molecular formula is C17H24ClNS. The standard InChI is InChI=1S/C17H24ClNS/c1-12-4-2-3-5-13(12)11-19-16-8-9-20-17-7-6-14(18)10-15(16)17/h6-7,10,12-13,16,19H,2-5,8-9,11H2,1H3. The third-order valence-corrected chi connectivity index (χ3v) is 6.28. The number of rotatable bonds is 3. The molecule has 3 unspecified atom stereocenters. The van der Waals surface area contributed by atoms with Gasteiger partial charge in [0.25, 0.3) is 0 Å². The molecule has 3 atom stereocenters. The second kappa shape index (κ2) is 6.72. The Morgan fingerprint density at radius 2 is 2.10 bits per heavy atom. The van der Waals surface area contributed by atoms with Crippen LogP contribution in [-0.2, 0) is 0 Å². The van der Waals surface area contributed by atoms with Gasteiger partial charge in [0.2, 0.25) is 0 Å². The minimum absolute atomic E-state index is 0.499. The van der Waals surface area contributed by atoms with E-state index in [9.17, 15) is 0 Å². The second-order valence-corrected chi connectivity index (χ2v) is 7.88. The van der Waals surface area contributed by atoms with E-state index in [-0.39, 0.29) is 0 Å². The number of benzene rings is 1. The Hall–Kier alpha value is -0.180. The molecule has 0 spiro atoms. The van der Waals surface area contributed by atoms with Crippen LogP contribution < -0.4 is 5.32 Å². The van der Waals surface area contributed by atoms with E-state index in [2.05, 4.69) is 24.4 Å². The summed E-state index contributed by atoms with van der Waals surface area (Å²) < 4.78 is 0. The molecule has 20 heavy (non-hydrogen) atoms. The number of halogens is 1. The van der Waals surface area contributed by atoms with Gasteiger partial charge in [-0.1, -0.05) is 37.8 Å². The number of thioether (sulfide) groups is 1. The minimum Gasteiger partial charge on any atom is -0.310 e. The minimum atomic E-state index is 0.499. The summed E-state index contributed by atoms with van der Waals surface area (Å²) in [6.07, 6.45) is 6.88. The summed E-state index contributed by atoms with van der Waals surface area (Å²) in [6, 6.07) is 6.85. The summed E-state index contributed by atoms with van der Waals surface area (Å²) in [5.41, 5.74) is 1.41. The van der Waals surface area contributed by atoms with E-state index < -0.39 is 0 Å². The van der Waals surface area contributed by atoms with Gasteiger partial charge in [-0.2, -0.15) is 0 Å². The van der Waals surface area contributed by atoms with Crippen LogP contribution in [0.3, 0.4) is 0 Å². The van der Waals surface area contributed by atoms with Crippen LogP contribution >= 0.6 is 23.4 Å². The van der Waals surface area contributed by atoms with E-state index in [1.54, 1.807) is 0 Å². The second-order valence-electron chi connectivity index (χ2n) is 6.30. The topological polar surface area (TPSA) is 12.0 Å². The normalized spacial score (nSPS) is 30.0. The molecule has 1 heterocycles. The Morgan fingerprint density at radius 3 is 2.95 bits per heavy atom. The Kier molecular flexibility index (Phi) is 4.95. The summed E-state index contributed by atoms with van der Waals surface area (Å²) >= 11 is 8.14. The summed E-state index contributed by atoms with van der Waals surface area (Å²) in [5.74, 6) is 2.96. The molecule has 1 nitrogen and oxygen atoms in total. The molecule has 0 saturated heterocycles. The van der Waals surface area contributed by atoms with Gasteiger partial charge in [-0.25, -0.2) is 0 Å². The Balaban J connectivity index is 1.65. The molecular weight excluding hydrogens is 286 g/mol. The van der Waals surface area contributed by atoms with Crippen LogP contribution in [0.4, 0.5) is 0 Å². The van der Waals surface area contributed by atoms with Crippen molar-refractivity contribution in [2.24, 2.45) is 11.8 Å². The van der Waals surface area contributed by atoms with E-state index in [0.29, 0.717) is 6.04 Å². The molecule has 0 radical (unpaired) electrons. The highest BCUT2D eigenvalue weighted by Crippen LogP contribution is 2.38. The molecule has 0 amide bonds. The van der Waals surface area contributed by atoms with Gasteiger partial charge < -0.3 is 5.32 Å². The van der Waals surface area contributed by atoms with Crippen LogP contribution in [0, 0.1) is 11.8 Å². The lowest BCUT2D eigenvalue weighted by molar-refractivity contribution is 0.239. The van der Waals surface area contributed by atoms with Gasteiger partial charge in [-0.3, -0.25) is 0 Å². The van der Waals surface area contributed by atoms with Crippen molar-refractivity contribution < 1.29 is 0 Å². The molecule has 1 aromatic carbocycles. The molecule has 3 heteroatoms. The fourth-order valence-corrected chi connectivity index (χ4v) is 4.85. The van der Waals surface area contributed by atoms with Crippen molar-refractivity contribution in [3.8, 4) is 0 Å². The van der Waals surface area contributed by atoms with E-state index in [0.717, 1.165) is 16.9 Å².